The predicted molar refractivity (Wildman–Crippen MR) is 253 cm³/mol. The molecule has 7 aliphatic rings. The van der Waals surface area contributed by atoms with E-state index >= 15 is 0 Å². The summed E-state index contributed by atoms with van der Waals surface area (Å²) in [5.41, 5.74) is 0.239. The first-order valence-electron chi connectivity index (χ1n) is 26.1. The summed E-state index contributed by atoms with van der Waals surface area (Å²) in [5, 5.41) is 21.7. The molecule has 3 aliphatic heterocycles. The van der Waals surface area contributed by atoms with Crippen LogP contribution in [0.3, 0.4) is 0 Å². The highest BCUT2D eigenvalue weighted by atomic mass is 16.8. The van der Waals surface area contributed by atoms with Gasteiger partial charge in [-0.05, 0) is 92.4 Å². The van der Waals surface area contributed by atoms with Gasteiger partial charge in [-0.25, -0.2) is 9.48 Å². The Morgan fingerprint density at radius 3 is 1.82 bits per heavy atom. The molecule has 0 bridgehead atoms. The minimum Gasteiger partial charge on any atom is -0.463 e. The Morgan fingerprint density at radius 1 is 0.658 bits per heavy atom. The van der Waals surface area contributed by atoms with Gasteiger partial charge >= 0.3 is 47.8 Å². The maximum atomic E-state index is 12.9. The molecular formula is C52H71N3O21. The fraction of sp³-hybridized carbons (Fsp3) is 0.769. The third kappa shape index (κ3) is 11.7. The summed E-state index contributed by atoms with van der Waals surface area (Å²) in [7, 11) is 0. The minimum atomic E-state index is -1.83. The topological polar surface area (TPSA) is 298 Å². The molecule has 6 fully saturated rings. The normalized spacial score (nSPS) is 38.6. The number of carbonyl (C=O) groups is 8. The van der Waals surface area contributed by atoms with Crippen molar-refractivity contribution >= 4 is 47.8 Å². The number of carbonyl (C=O) groups excluding carboxylic acids is 8. The van der Waals surface area contributed by atoms with Crippen molar-refractivity contribution in [1.29, 1.82) is 0 Å². The number of aliphatic hydroxyl groups is 1. The molecule has 4 heterocycles. The molecule has 4 aliphatic carbocycles. The van der Waals surface area contributed by atoms with Crippen LogP contribution in [0.4, 0.5) is 0 Å². The van der Waals surface area contributed by atoms with Crippen LogP contribution in [-0.4, -0.2) is 155 Å². The number of esters is 8. The van der Waals surface area contributed by atoms with Gasteiger partial charge in [-0.2, -0.15) is 0 Å². The van der Waals surface area contributed by atoms with Gasteiger partial charge in [0.15, 0.2) is 43.1 Å². The van der Waals surface area contributed by atoms with Crippen LogP contribution >= 0.6 is 0 Å². The molecule has 76 heavy (non-hydrogen) atoms. The second kappa shape index (κ2) is 22.8. The van der Waals surface area contributed by atoms with Crippen molar-refractivity contribution in [3.8, 4) is 0 Å². The third-order valence-corrected chi connectivity index (χ3v) is 17.2. The minimum absolute atomic E-state index is 0.00594. The molecule has 420 valence electrons. The highest BCUT2D eigenvalue weighted by Gasteiger charge is 2.68. The van der Waals surface area contributed by atoms with Crippen LogP contribution in [0, 0.1) is 34.5 Å². The summed E-state index contributed by atoms with van der Waals surface area (Å²) < 4.78 is 71.2. The van der Waals surface area contributed by atoms with Gasteiger partial charge in [0.25, 0.3) is 0 Å². The van der Waals surface area contributed by atoms with Gasteiger partial charge in [0.05, 0.1) is 24.4 Å². The number of ether oxygens (including phenoxy) is 12. The third-order valence-electron chi connectivity index (χ3n) is 17.2. The van der Waals surface area contributed by atoms with Crippen LogP contribution in [0.15, 0.2) is 17.8 Å². The Labute approximate surface area is 439 Å². The standard InChI is InChI=1S/C52H71N3O21/c1-25(56)65-23-39-42(69-27(3)58)44(70-28(4)59)47(73-31(7)62)49(75-39)76-43-40(24-66-26(2)57)74-48(46(72-30(6)61)45(43)71-29(5)60)68-22-34-20-55(54-53-34)35-12-15-50(8)33(19-35)10-11-38-37(50)13-16-51(9)36(14-17-52(38,51)64)32-18-41(63)67-21-32/h18,20,33,35-40,42-49,64H,10-17,19,21-24H2,1-9H3/t33-,35+,36-,37+,38-,39-,40-,42-,43-,44+,45+,46-,47-,48-,49-,50+,51-,52+/m1/s1. The zero-order chi connectivity index (χ0) is 55.0. The number of hydrogen-bond donors (Lipinski definition) is 1. The van der Waals surface area contributed by atoms with Crippen molar-refractivity contribution in [3.63, 3.8) is 0 Å². The van der Waals surface area contributed by atoms with E-state index in [1.54, 1.807) is 12.3 Å². The van der Waals surface area contributed by atoms with Crippen LogP contribution in [0.2, 0.25) is 0 Å². The number of hydrogen-bond acceptors (Lipinski definition) is 23. The maximum absolute atomic E-state index is 12.9. The molecule has 1 aromatic heterocycles. The van der Waals surface area contributed by atoms with E-state index in [0.29, 0.717) is 30.6 Å². The number of cyclic esters (lactones) is 1. The molecule has 0 unspecified atom stereocenters. The molecule has 0 radical (unpaired) electrons. The lowest BCUT2D eigenvalue weighted by molar-refractivity contribution is -0.362. The first-order chi connectivity index (χ1) is 35.9. The molecule has 0 spiro atoms. The van der Waals surface area contributed by atoms with E-state index in [4.69, 9.17) is 56.8 Å². The zero-order valence-corrected chi connectivity index (χ0v) is 44.5. The van der Waals surface area contributed by atoms with Gasteiger partial charge in [-0.1, -0.05) is 19.1 Å². The van der Waals surface area contributed by atoms with E-state index in [9.17, 15) is 43.5 Å². The predicted octanol–water partition coefficient (Wildman–Crippen LogP) is 3.21. The van der Waals surface area contributed by atoms with E-state index < -0.39 is 122 Å². The van der Waals surface area contributed by atoms with Crippen LogP contribution in [0.1, 0.15) is 132 Å². The van der Waals surface area contributed by atoms with E-state index in [2.05, 4.69) is 24.2 Å². The average Bonchev–Trinajstić information content (AvgIpc) is 4.08. The molecule has 4 saturated carbocycles. The molecule has 2 saturated heterocycles. The summed E-state index contributed by atoms with van der Waals surface area (Å²) in [6, 6.07) is 0.0193. The van der Waals surface area contributed by atoms with Gasteiger partial charge < -0.3 is 61.9 Å². The molecule has 24 heteroatoms. The monoisotopic (exact) mass is 1070 g/mol. The second-order valence-corrected chi connectivity index (χ2v) is 21.9. The molecule has 0 aromatic carbocycles. The van der Waals surface area contributed by atoms with E-state index in [-0.39, 0.29) is 41.3 Å². The van der Waals surface area contributed by atoms with Crippen LogP contribution in [0.5, 0.6) is 0 Å². The number of rotatable bonds is 16. The Hall–Kier alpha value is -5.56. The smallest absolute Gasteiger partial charge is 0.331 e. The van der Waals surface area contributed by atoms with Crippen molar-refractivity contribution in [2.24, 2.45) is 34.5 Å². The summed E-state index contributed by atoms with van der Waals surface area (Å²) in [6.07, 6.45) is -4.71. The lowest BCUT2D eigenvalue weighted by Gasteiger charge is -2.63. The SMILES string of the molecule is CC(=O)OC[C@H]1O[C@H](O[C@H]2[C@H](OC(C)=O)[C@@H](OC(C)=O)[C@H](OCc3cn([C@H]4CC[C@@]5(C)[C@H](CC[C@@H]6[C@@H]5CC[C@]5(C)[C@@H](C7=CC(=O)OC7)CC[C@]65O)C4)nn3)O[C@@H]2COC(C)=O)[C@H](OC(C)=O)[C@@H](OC(C)=O)[C@@H]1OC(C)=O. The second-order valence-electron chi connectivity index (χ2n) is 21.9. The molecule has 0 amide bonds. The summed E-state index contributed by atoms with van der Waals surface area (Å²) in [4.78, 5) is 99.7. The van der Waals surface area contributed by atoms with Crippen LogP contribution in [-0.2, 0) is 102 Å². The molecule has 1 N–H and O–H groups in total. The van der Waals surface area contributed by atoms with Gasteiger partial charge in [0.2, 0.25) is 0 Å². The molecule has 8 rings (SSSR count). The maximum Gasteiger partial charge on any atom is 0.331 e. The molecule has 18 atom stereocenters. The average molecular weight is 1070 g/mol. The van der Waals surface area contributed by atoms with E-state index in [1.807, 2.05) is 4.68 Å². The number of nitrogens with zero attached hydrogens (tertiary/aromatic N) is 3. The van der Waals surface area contributed by atoms with Crippen LogP contribution < -0.4 is 0 Å². The van der Waals surface area contributed by atoms with E-state index in [0.717, 1.165) is 105 Å². The molecular weight excluding hydrogens is 1000 g/mol. The number of aromatic nitrogens is 3. The summed E-state index contributed by atoms with van der Waals surface area (Å²) >= 11 is 0. The Kier molecular flexibility index (Phi) is 17.0. The number of fused-ring (bicyclic) bond motifs is 5. The van der Waals surface area contributed by atoms with Crippen molar-refractivity contribution in [1.82, 2.24) is 15.0 Å². The summed E-state index contributed by atoms with van der Waals surface area (Å²) in [6.45, 7) is 11.1. The molecule has 24 nitrogen and oxygen atoms in total. The Bertz CT molecular complexity index is 2430. The highest BCUT2D eigenvalue weighted by molar-refractivity contribution is 5.85. The van der Waals surface area contributed by atoms with Crippen molar-refractivity contribution in [2.75, 3.05) is 19.8 Å². The largest absolute Gasteiger partial charge is 0.463 e. The fourth-order valence-corrected chi connectivity index (χ4v) is 14.0. The van der Waals surface area contributed by atoms with Crippen molar-refractivity contribution < 1.29 is 100 Å². The van der Waals surface area contributed by atoms with E-state index in [1.165, 1.54) is 0 Å². The lowest BCUT2D eigenvalue weighted by atomic mass is 9.43. The highest BCUT2D eigenvalue weighted by Crippen LogP contribution is 2.70. The summed E-state index contributed by atoms with van der Waals surface area (Å²) in [5.74, 6) is -5.26. The van der Waals surface area contributed by atoms with Crippen LogP contribution in [0.25, 0.3) is 0 Å². The van der Waals surface area contributed by atoms with Gasteiger partial charge in [-0.15, -0.1) is 5.10 Å². The molecule has 1 aromatic rings. The zero-order valence-electron chi connectivity index (χ0n) is 44.5. The Morgan fingerprint density at radius 2 is 1.22 bits per heavy atom. The van der Waals surface area contributed by atoms with Gasteiger partial charge in [0.1, 0.15) is 43.8 Å². The quantitative estimate of drug-likeness (QED) is 0.184. The van der Waals surface area contributed by atoms with Crippen molar-refractivity contribution in [3.05, 3.63) is 23.5 Å². The first-order valence-corrected chi connectivity index (χ1v) is 26.1. The first kappa shape index (κ1) is 56.6. The fourth-order valence-electron chi connectivity index (χ4n) is 14.0. The lowest BCUT2D eigenvalue weighted by Crippen LogP contribution is -2.67. The van der Waals surface area contributed by atoms with Crippen molar-refractivity contribution in [2.45, 2.75) is 200 Å². The van der Waals surface area contributed by atoms with Gasteiger partial charge in [0, 0.05) is 60.0 Å². The Balaban J connectivity index is 1.000. The van der Waals surface area contributed by atoms with Gasteiger partial charge in [-0.3, -0.25) is 33.6 Å².